The average Bonchev–Trinajstić information content (AvgIpc) is 2.95. The second-order valence-corrected chi connectivity index (χ2v) is 6.64. The quantitative estimate of drug-likeness (QED) is 0.707. The van der Waals surface area contributed by atoms with E-state index in [1.54, 1.807) is 0 Å². The van der Waals surface area contributed by atoms with E-state index in [1.165, 1.54) is 0 Å². The normalized spacial score (nSPS) is 31.4. The molecule has 0 aromatic rings. The van der Waals surface area contributed by atoms with E-state index in [9.17, 15) is 9.59 Å². The van der Waals surface area contributed by atoms with Crippen molar-refractivity contribution in [2.45, 2.75) is 37.6 Å². The molecule has 0 aromatic carbocycles. The summed E-state index contributed by atoms with van der Waals surface area (Å²) in [5, 5.41) is 2.96. The van der Waals surface area contributed by atoms with Crippen molar-refractivity contribution >= 4 is 11.9 Å². The van der Waals surface area contributed by atoms with Crippen LogP contribution in [0.3, 0.4) is 0 Å². The van der Waals surface area contributed by atoms with Gasteiger partial charge in [-0.2, -0.15) is 0 Å². The molecule has 3 aliphatic heterocycles. The van der Waals surface area contributed by atoms with E-state index in [4.69, 9.17) is 0 Å². The molecular formula is C15H26N4O2. The van der Waals surface area contributed by atoms with E-state index in [1.807, 2.05) is 9.80 Å². The topological polar surface area (TPSA) is 55.9 Å². The first-order chi connectivity index (χ1) is 10.1. The summed E-state index contributed by atoms with van der Waals surface area (Å²) >= 11 is 0. The first-order valence-corrected chi connectivity index (χ1v) is 8.13. The van der Waals surface area contributed by atoms with Crippen LogP contribution in [0.5, 0.6) is 0 Å². The summed E-state index contributed by atoms with van der Waals surface area (Å²) in [4.78, 5) is 30.6. The van der Waals surface area contributed by atoms with Crippen molar-refractivity contribution in [2.24, 2.45) is 0 Å². The van der Waals surface area contributed by atoms with Crippen molar-refractivity contribution in [3.8, 4) is 0 Å². The fourth-order valence-electron chi connectivity index (χ4n) is 3.87. The van der Waals surface area contributed by atoms with Gasteiger partial charge in [-0.25, -0.2) is 4.79 Å². The van der Waals surface area contributed by atoms with E-state index in [-0.39, 0.29) is 17.5 Å². The lowest BCUT2D eigenvalue weighted by molar-refractivity contribution is -0.121. The van der Waals surface area contributed by atoms with Gasteiger partial charge in [-0.05, 0) is 32.7 Å². The van der Waals surface area contributed by atoms with Crippen LogP contribution in [0.1, 0.15) is 32.1 Å². The minimum atomic E-state index is -0.0349. The summed E-state index contributed by atoms with van der Waals surface area (Å²) in [7, 11) is 2.13. The number of amides is 3. The number of nitrogens with zero attached hydrogens (tertiary/aromatic N) is 3. The van der Waals surface area contributed by atoms with E-state index >= 15 is 0 Å². The molecule has 3 heterocycles. The highest BCUT2D eigenvalue weighted by atomic mass is 16.2. The van der Waals surface area contributed by atoms with E-state index in [0.717, 1.165) is 65.0 Å². The number of likely N-dealkylation sites (tertiary alicyclic amines) is 1. The van der Waals surface area contributed by atoms with Crippen LogP contribution in [0.4, 0.5) is 4.79 Å². The van der Waals surface area contributed by atoms with Crippen molar-refractivity contribution in [1.29, 1.82) is 0 Å². The molecule has 0 aliphatic carbocycles. The van der Waals surface area contributed by atoms with Gasteiger partial charge >= 0.3 is 6.03 Å². The van der Waals surface area contributed by atoms with Gasteiger partial charge in [0.2, 0.25) is 5.91 Å². The number of hydrogen-bond acceptors (Lipinski definition) is 3. The van der Waals surface area contributed by atoms with Crippen LogP contribution in [0.15, 0.2) is 0 Å². The Labute approximate surface area is 126 Å². The third-order valence-electron chi connectivity index (χ3n) is 5.38. The molecule has 6 heteroatoms. The molecule has 0 bridgehead atoms. The minimum absolute atomic E-state index is 0.0349. The predicted octanol–water partition coefficient (Wildman–Crippen LogP) is 0.489. The molecule has 3 aliphatic rings. The fraction of sp³-hybridized carbons (Fsp3) is 0.867. The Kier molecular flexibility index (Phi) is 4.06. The molecule has 6 nitrogen and oxygen atoms in total. The van der Waals surface area contributed by atoms with Gasteiger partial charge in [0.25, 0.3) is 0 Å². The lowest BCUT2D eigenvalue weighted by atomic mass is 9.86. The number of carbonyl (C=O) groups excluding carboxylic acids is 2. The Hall–Kier alpha value is -1.30. The summed E-state index contributed by atoms with van der Waals surface area (Å²) in [6.45, 7) is 4.97. The molecule has 0 radical (unpaired) electrons. The first kappa shape index (κ1) is 14.6. The minimum Gasteiger partial charge on any atom is -0.356 e. The molecule has 0 unspecified atom stereocenters. The number of nitrogens with one attached hydrogen (secondary N) is 1. The lowest BCUT2D eigenvalue weighted by Crippen LogP contribution is -2.63. The number of piperazine rings is 1. The molecule has 1 N–H and O–H groups in total. The maximum Gasteiger partial charge on any atom is 0.320 e. The Morgan fingerprint density at radius 2 is 1.86 bits per heavy atom. The molecule has 3 rings (SSSR count). The zero-order valence-corrected chi connectivity index (χ0v) is 12.9. The van der Waals surface area contributed by atoms with Gasteiger partial charge in [0.15, 0.2) is 0 Å². The predicted molar refractivity (Wildman–Crippen MR) is 80.0 cm³/mol. The second-order valence-electron chi connectivity index (χ2n) is 6.64. The van der Waals surface area contributed by atoms with Crippen LogP contribution in [0.2, 0.25) is 0 Å². The van der Waals surface area contributed by atoms with Crippen molar-refractivity contribution in [3.63, 3.8) is 0 Å². The molecule has 0 saturated carbocycles. The van der Waals surface area contributed by atoms with E-state index < -0.39 is 0 Å². The molecular weight excluding hydrogens is 268 g/mol. The van der Waals surface area contributed by atoms with Crippen molar-refractivity contribution in [1.82, 2.24) is 20.0 Å². The van der Waals surface area contributed by atoms with Gasteiger partial charge in [-0.1, -0.05) is 0 Å². The highest BCUT2D eigenvalue weighted by molar-refractivity contribution is 5.77. The number of carbonyl (C=O) groups is 2. The Morgan fingerprint density at radius 3 is 2.62 bits per heavy atom. The smallest absolute Gasteiger partial charge is 0.320 e. The Balaban J connectivity index is 1.71. The largest absolute Gasteiger partial charge is 0.356 e. The summed E-state index contributed by atoms with van der Waals surface area (Å²) in [5.74, 6) is 0.142. The van der Waals surface area contributed by atoms with Gasteiger partial charge in [0.1, 0.15) is 0 Å². The summed E-state index contributed by atoms with van der Waals surface area (Å²) in [6.07, 6.45) is 4.60. The molecule has 1 spiro atoms. The van der Waals surface area contributed by atoms with Crippen LogP contribution < -0.4 is 5.32 Å². The van der Waals surface area contributed by atoms with Gasteiger partial charge in [-0.15, -0.1) is 0 Å². The lowest BCUT2D eigenvalue weighted by Gasteiger charge is -2.49. The maximum atomic E-state index is 12.6. The van der Waals surface area contributed by atoms with E-state index in [0.29, 0.717) is 6.42 Å². The zero-order chi connectivity index (χ0) is 14.9. The SMILES string of the molecule is CN1CCN(C(=O)N2CCCC2)C[C@@]12CCNC(=O)CC2. The van der Waals surface area contributed by atoms with Crippen LogP contribution in [-0.2, 0) is 4.79 Å². The standard InChI is InChI=1S/C15H26N4O2/c1-17-10-11-19(14(21)18-8-2-3-9-18)12-15(17)5-4-13(20)16-7-6-15/h2-12H2,1H3,(H,16,20)/t15-/m1/s1. The fourth-order valence-corrected chi connectivity index (χ4v) is 3.87. The summed E-state index contributed by atoms with van der Waals surface area (Å²) < 4.78 is 0. The molecule has 3 amide bonds. The Bertz CT molecular complexity index is 422. The number of likely N-dealkylation sites (N-methyl/N-ethyl adjacent to an activating group) is 1. The van der Waals surface area contributed by atoms with Gasteiger partial charge in [-0.3, -0.25) is 9.69 Å². The number of urea groups is 1. The third kappa shape index (κ3) is 2.86. The second kappa shape index (κ2) is 5.83. The average molecular weight is 294 g/mol. The number of hydrogen-bond donors (Lipinski definition) is 1. The van der Waals surface area contributed by atoms with Gasteiger partial charge < -0.3 is 15.1 Å². The number of rotatable bonds is 0. The molecule has 3 saturated heterocycles. The van der Waals surface area contributed by atoms with Gasteiger partial charge in [0, 0.05) is 51.2 Å². The van der Waals surface area contributed by atoms with Crippen molar-refractivity contribution in [3.05, 3.63) is 0 Å². The van der Waals surface area contributed by atoms with Crippen LogP contribution in [0.25, 0.3) is 0 Å². The van der Waals surface area contributed by atoms with Gasteiger partial charge in [0.05, 0.1) is 0 Å². The molecule has 1 atom stereocenters. The third-order valence-corrected chi connectivity index (χ3v) is 5.38. The first-order valence-electron chi connectivity index (χ1n) is 8.13. The Morgan fingerprint density at radius 1 is 1.10 bits per heavy atom. The van der Waals surface area contributed by atoms with E-state index in [2.05, 4.69) is 17.3 Å². The monoisotopic (exact) mass is 294 g/mol. The highest BCUT2D eigenvalue weighted by Crippen LogP contribution is 2.31. The summed E-state index contributed by atoms with van der Waals surface area (Å²) in [5.41, 5.74) is -0.0349. The van der Waals surface area contributed by atoms with Crippen LogP contribution in [0, 0.1) is 0 Å². The zero-order valence-electron chi connectivity index (χ0n) is 12.9. The van der Waals surface area contributed by atoms with Crippen LogP contribution >= 0.6 is 0 Å². The maximum absolute atomic E-state index is 12.6. The molecule has 118 valence electrons. The highest BCUT2D eigenvalue weighted by Gasteiger charge is 2.42. The molecule has 21 heavy (non-hydrogen) atoms. The van der Waals surface area contributed by atoms with Crippen LogP contribution in [-0.4, -0.2) is 78.5 Å². The molecule has 3 fully saturated rings. The summed E-state index contributed by atoms with van der Waals surface area (Å²) in [6, 6.07) is 0.198. The molecule has 0 aromatic heterocycles. The van der Waals surface area contributed by atoms with Crippen molar-refractivity contribution < 1.29 is 9.59 Å². The van der Waals surface area contributed by atoms with Crippen molar-refractivity contribution in [2.75, 3.05) is 46.3 Å².